The highest BCUT2D eigenvalue weighted by Gasteiger charge is 2.12. The molecule has 0 amide bonds. The fourth-order valence-corrected chi connectivity index (χ4v) is 1.40. The van der Waals surface area contributed by atoms with E-state index < -0.39 is 5.82 Å². The highest BCUT2D eigenvalue weighted by molar-refractivity contribution is 5.46. The highest BCUT2D eigenvalue weighted by Crippen LogP contribution is 2.27. The summed E-state index contributed by atoms with van der Waals surface area (Å²) in [6.07, 6.45) is 1.50. The van der Waals surface area contributed by atoms with Gasteiger partial charge >= 0.3 is 0 Å². The van der Waals surface area contributed by atoms with E-state index in [0.29, 0.717) is 5.56 Å². The molecular formula is C12H10FN5O. The summed E-state index contributed by atoms with van der Waals surface area (Å²) in [7, 11) is 0. The number of benzene rings is 1. The molecule has 96 valence electrons. The number of hydrazine groups is 1. The molecule has 1 heterocycles. The van der Waals surface area contributed by atoms with Crippen LogP contribution in [-0.2, 0) is 0 Å². The standard InChI is InChI=1S/C12H10FN5O/c1-7-6-16-12(18-15)17-11(7)19-10-4-2-3-9(13)8(10)5-14/h2-4,6H,15H2,1H3,(H,16,17,18). The van der Waals surface area contributed by atoms with E-state index in [1.54, 1.807) is 13.0 Å². The van der Waals surface area contributed by atoms with Crippen LogP contribution in [0.1, 0.15) is 11.1 Å². The van der Waals surface area contributed by atoms with Gasteiger partial charge in [-0.25, -0.2) is 15.2 Å². The zero-order chi connectivity index (χ0) is 13.8. The number of anilines is 1. The number of hydrogen-bond acceptors (Lipinski definition) is 6. The largest absolute Gasteiger partial charge is 0.437 e. The molecule has 0 saturated heterocycles. The molecule has 0 fully saturated rings. The second kappa shape index (κ2) is 5.29. The van der Waals surface area contributed by atoms with Crippen molar-refractivity contribution in [3.63, 3.8) is 0 Å². The number of aromatic nitrogens is 2. The molecule has 0 aliphatic heterocycles. The summed E-state index contributed by atoms with van der Waals surface area (Å²) in [6, 6.07) is 5.87. The number of halogens is 1. The molecule has 0 saturated carbocycles. The van der Waals surface area contributed by atoms with E-state index in [4.69, 9.17) is 15.8 Å². The van der Waals surface area contributed by atoms with E-state index in [-0.39, 0.29) is 23.1 Å². The predicted octanol–water partition coefficient (Wildman–Crippen LogP) is 1.87. The van der Waals surface area contributed by atoms with Crippen molar-refractivity contribution in [3.8, 4) is 17.7 Å². The zero-order valence-corrected chi connectivity index (χ0v) is 10.0. The third kappa shape index (κ3) is 2.59. The van der Waals surface area contributed by atoms with E-state index in [9.17, 15) is 4.39 Å². The Bertz CT molecular complexity index is 653. The minimum absolute atomic E-state index is 0.0901. The first-order valence-electron chi connectivity index (χ1n) is 5.32. The molecule has 0 radical (unpaired) electrons. The van der Waals surface area contributed by atoms with E-state index >= 15 is 0 Å². The van der Waals surface area contributed by atoms with Crippen molar-refractivity contribution < 1.29 is 9.13 Å². The predicted molar refractivity (Wildman–Crippen MR) is 65.8 cm³/mol. The van der Waals surface area contributed by atoms with Crippen LogP contribution >= 0.6 is 0 Å². The molecule has 2 rings (SSSR count). The molecule has 1 aromatic heterocycles. The number of nitrogen functional groups attached to an aromatic ring is 1. The number of aryl methyl sites for hydroxylation is 1. The van der Waals surface area contributed by atoms with Gasteiger partial charge in [-0.15, -0.1) is 0 Å². The highest BCUT2D eigenvalue weighted by atomic mass is 19.1. The fourth-order valence-electron chi connectivity index (χ4n) is 1.40. The molecular weight excluding hydrogens is 249 g/mol. The Hall–Kier alpha value is -2.72. The lowest BCUT2D eigenvalue weighted by Crippen LogP contribution is -2.11. The summed E-state index contributed by atoms with van der Waals surface area (Å²) < 4.78 is 18.9. The average molecular weight is 259 g/mol. The van der Waals surface area contributed by atoms with Crippen molar-refractivity contribution in [3.05, 3.63) is 41.3 Å². The Morgan fingerprint density at radius 3 is 2.95 bits per heavy atom. The van der Waals surface area contributed by atoms with Crippen LogP contribution in [0.3, 0.4) is 0 Å². The number of nitrogens with two attached hydrogens (primary N) is 1. The van der Waals surface area contributed by atoms with E-state index in [2.05, 4.69) is 15.4 Å². The Morgan fingerprint density at radius 2 is 2.26 bits per heavy atom. The first kappa shape index (κ1) is 12.7. The molecule has 0 bridgehead atoms. The van der Waals surface area contributed by atoms with Gasteiger partial charge in [0.15, 0.2) is 0 Å². The maximum Gasteiger partial charge on any atom is 0.240 e. The molecule has 0 atom stereocenters. The lowest BCUT2D eigenvalue weighted by atomic mass is 10.2. The number of hydrogen-bond donors (Lipinski definition) is 2. The third-order valence-corrected chi connectivity index (χ3v) is 2.35. The van der Waals surface area contributed by atoms with Gasteiger partial charge in [-0.05, 0) is 19.1 Å². The third-order valence-electron chi connectivity index (χ3n) is 2.35. The summed E-state index contributed by atoms with van der Waals surface area (Å²) in [6.45, 7) is 1.72. The van der Waals surface area contributed by atoms with Crippen molar-refractivity contribution >= 4 is 5.95 Å². The van der Waals surface area contributed by atoms with Crippen molar-refractivity contribution in [1.29, 1.82) is 5.26 Å². The van der Waals surface area contributed by atoms with Gasteiger partial charge in [0, 0.05) is 11.8 Å². The van der Waals surface area contributed by atoms with Crippen LogP contribution in [0.25, 0.3) is 0 Å². The van der Waals surface area contributed by atoms with Gasteiger partial charge in [0.1, 0.15) is 23.2 Å². The maximum absolute atomic E-state index is 13.4. The Balaban J connectivity index is 2.42. The second-order valence-electron chi connectivity index (χ2n) is 3.65. The van der Waals surface area contributed by atoms with E-state index in [1.165, 1.54) is 24.4 Å². The second-order valence-corrected chi connectivity index (χ2v) is 3.65. The first-order chi connectivity index (χ1) is 9.15. The van der Waals surface area contributed by atoms with Crippen LogP contribution in [0.2, 0.25) is 0 Å². The van der Waals surface area contributed by atoms with Gasteiger partial charge in [-0.3, -0.25) is 5.43 Å². The molecule has 0 aliphatic rings. The number of nitriles is 1. The Morgan fingerprint density at radius 1 is 1.47 bits per heavy atom. The van der Waals surface area contributed by atoms with Crippen molar-refractivity contribution in [2.75, 3.05) is 5.43 Å². The SMILES string of the molecule is Cc1cnc(NN)nc1Oc1cccc(F)c1C#N. The molecule has 6 nitrogen and oxygen atoms in total. The van der Waals surface area contributed by atoms with Crippen LogP contribution in [0.15, 0.2) is 24.4 Å². The fraction of sp³-hybridized carbons (Fsp3) is 0.0833. The quantitative estimate of drug-likeness (QED) is 0.645. The smallest absolute Gasteiger partial charge is 0.240 e. The summed E-state index contributed by atoms with van der Waals surface area (Å²) in [5, 5.41) is 8.91. The average Bonchev–Trinajstić information content (AvgIpc) is 2.41. The van der Waals surface area contributed by atoms with Crippen LogP contribution in [0.5, 0.6) is 11.6 Å². The number of rotatable bonds is 3. The van der Waals surface area contributed by atoms with E-state index in [0.717, 1.165) is 0 Å². The van der Waals surface area contributed by atoms with Gasteiger partial charge in [-0.1, -0.05) is 6.07 Å². The molecule has 1 aromatic carbocycles. The molecule has 0 unspecified atom stereocenters. The lowest BCUT2D eigenvalue weighted by Gasteiger charge is -2.09. The Kier molecular flexibility index (Phi) is 3.54. The lowest BCUT2D eigenvalue weighted by molar-refractivity contribution is 0.451. The van der Waals surface area contributed by atoms with Crippen molar-refractivity contribution in [1.82, 2.24) is 9.97 Å². The van der Waals surface area contributed by atoms with Gasteiger partial charge in [0.05, 0.1) is 0 Å². The number of nitrogens with zero attached hydrogens (tertiary/aromatic N) is 3. The van der Waals surface area contributed by atoms with Gasteiger partial charge < -0.3 is 4.74 Å². The number of nitrogens with one attached hydrogen (secondary N) is 1. The zero-order valence-electron chi connectivity index (χ0n) is 10.0. The normalized spacial score (nSPS) is 9.79. The van der Waals surface area contributed by atoms with Crippen LogP contribution < -0.4 is 16.0 Å². The van der Waals surface area contributed by atoms with E-state index in [1.807, 2.05) is 0 Å². The van der Waals surface area contributed by atoms with Gasteiger partial charge in [0.25, 0.3) is 0 Å². The summed E-state index contributed by atoms with van der Waals surface area (Å²) in [5.41, 5.74) is 2.73. The Labute approximate surface area is 108 Å². The molecule has 0 aliphatic carbocycles. The van der Waals surface area contributed by atoms with Gasteiger partial charge in [-0.2, -0.15) is 10.2 Å². The summed E-state index contributed by atoms with van der Waals surface area (Å²) in [4.78, 5) is 7.88. The van der Waals surface area contributed by atoms with Crippen molar-refractivity contribution in [2.24, 2.45) is 5.84 Å². The van der Waals surface area contributed by atoms with Crippen LogP contribution in [0.4, 0.5) is 10.3 Å². The molecule has 2 aromatic rings. The topological polar surface area (TPSA) is 96.8 Å². The monoisotopic (exact) mass is 259 g/mol. The maximum atomic E-state index is 13.4. The summed E-state index contributed by atoms with van der Waals surface area (Å²) in [5.74, 6) is 5.00. The number of ether oxygens (including phenoxy) is 1. The van der Waals surface area contributed by atoms with Crippen LogP contribution in [-0.4, -0.2) is 9.97 Å². The minimum atomic E-state index is -0.649. The van der Waals surface area contributed by atoms with Crippen molar-refractivity contribution in [2.45, 2.75) is 6.92 Å². The van der Waals surface area contributed by atoms with Crippen LogP contribution in [0, 0.1) is 24.1 Å². The molecule has 7 heteroatoms. The molecule has 19 heavy (non-hydrogen) atoms. The van der Waals surface area contributed by atoms with Gasteiger partial charge in [0.2, 0.25) is 11.8 Å². The first-order valence-corrected chi connectivity index (χ1v) is 5.32. The summed E-state index contributed by atoms with van der Waals surface area (Å²) >= 11 is 0. The minimum Gasteiger partial charge on any atom is -0.437 e. The molecule has 0 spiro atoms. The molecule has 3 N–H and O–H groups in total.